The predicted octanol–water partition coefficient (Wildman–Crippen LogP) is 2.83. The van der Waals surface area contributed by atoms with Gasteiger partial charge >= 0.3 is 6.01 Å². The van der Waals surface area contributed by atoms with Gasteiger partial charge in [-0.05, 0) is 36.6 Å². The molecule has 0 saturated heterocycles. The maximum atomic E-state index is 5.95. The third-order valence-corrected chi connectivity index (χ3v) is 3.21. The molecular formula is C14H15ClN4O. The summed E-state index contributed by atoms with van der Waals surface area (Å²) in [6.07, 6.45) is -0.00269. The van der Waals surface area contributed by atoms with Gasteiger partial charge in [0.2, 0.25) is 11.2 Å². The van der Waals surface area contributed by atoms with Gasteiger partial charge in [0.1, 0.15) is 0 Å². The Balaban J connectivity index is 1.87. The van der Waals surface area contributed by atoms with E-state index in [1.54, 1.807) is 0 Å². The Morgan fingerprint density at radius 1 is 1.10 bits per heavy atom. The van der Waals surface area contributed by atoms with E-state index in [1.807, 2.05) is 26.0 Å². The van der Waals surface area contributed by atoms with Crippen molar-refractivity contribution in [3.05, 3.63) is 40.7 Å². The SMILES string of the molecule is CC(C)Oc1nc(Cl)nc(N2Cc3ccccc3C2)n1. The van der Waals surface area contributed by atoms with Crippen molar-refractivity contribution in [3.63, 3.8) is 0 Å². The zero-order chi connectivity index (χ0) is 14.1. The lowest BCUT2D eigenvalue weighted by Gasteiger charge is -2.16. The highest BCUT2D eigenvalue weighted by molar-refractivity contribution is 6.28. The molecule has 0 aliphatic carbocycles. The summed E-state index contributed by atoms with van der Waals surface area (Å²) in [5, 5.41) is 0.154. The minimum Gasteiger partial charge on any atom is -0.461 e. The van der Waals surface area contributed by atoms with Gasteiger partial charge < -0.3 is 9.64 Å². The summed E-state index contributed by atoms with van der Waals surface area (Å²) in [6.45, 7) is 5.39. The lowest BCUT2D eigenvalue weighted by molar-refractivity contribution is 0.221. The number of hydrogen-bond acceptors (Lipinski definition) is 5. The molecular weight excluding hydrogens is 276 g/mol. The highest BCUT2D eigenvalue weighted by Gasteiger charge is 2.22. The number of hydrogen-bond donors (Lipinski definition) is 0. The standard InChI is InChI=1S/C14H15ClN4O/c1-9(2)20-14-17-12(15)16-13(18-14)19-7-10-5-3-4-6-11(10)8-19/h3-6,9H,7-8H2,1-2H3. The van der Waals surface area contributed by atoms with Gasteiger partial charge in [-0.25, -0.2) is 0 Å². The van der Waals surface area contributed by atoms with E-state index in [9.17, 15) is 0 Å². The van der Waals surface area contributed by atoms with Crippen LogP contribution in [0.3, 0.4) is 0 Å². The molecule has 3 rings (SSSR count). The van der Waals surface area contributed by atoms with Crippen molar-refractivity contribution in [2.75, 3.05) is 4.90 Å². The fourth-order valence-corrected chi connectivity index (χ4v) is 2.35. The largest absolute Gasteiger partial charge is 0.461 e. The molecule has 5 nitrogen and oxygen atoms in total. The van der Waals surface area contributed by atoms with Gasteiger partial charge in [-0.3, -0.25) is 0 Å². The van der Waals surface area contributed by atoms with E-state index in [0.29, 0.717) is 5.95 Å². The van der Waals surface area contributed by atoms with E-state index in [0.717, 1.165) is 13.1 Å². The molecule has 1 aromatic carbocycles. The van der Waals surface area contributed by atoms with Crippen molar-refractivity contribution in [3.8, 4) is 6.01 Å². The van der Waals surface area contributed by atoms with Crippen LogP contribution in [0.5, 0.6) is 6.01 Å². The highest BCUT2D eigenvalue weighted by atomic mass is 35.5. The van der Waals surface area contributed by atoms with Crippen LogP contribution in [-0.2, 0) is 13.1 Å². The monoisotopic (exact) mass is 290 g/mol. The quantitative estimate of drug-likeness (QED) is 0.870. The number of aromatic nitrogens is 3. The second-order valence-corrected chi connectivity index (χ2v) is 5.32. The number of halogens is 1. The molecule has 1 aromatic heterocycles. The Labute approximate surface area is 122 Å². The third kappa shape index (κ3) is 2.67. The zero-order valence-electron chi connectivity index (χ0n) is 11.4. The van der Waals surface area contributed by atoms with Crippen LogP contribution < -0.4 is 9.64 Å². The molecule has 0 N–H and O–H groups in total. The summed E-state index contributed by atoms with van der Waals surface area (Å²) in [6, 6.07) is 8.57. The molecule has 0 amide bonds. The molecule has 0 saturated carbocycles. The number of benzene rings is 1. The Hall–Kier alpha value is -1.88. The van der Waals surface area contributed by atoms with E-state index in [2.05, 4.69) is 32.0 Å². The molecule has 1 aliphatic heterocycles. The minimum absolute atomic E-state index is 0.00269. The average molecular weight is 291 g/mol. The maximum absolute atomic E-state index is 5.95. The Morgan fingerprint density at radius 2 is 1.75 bits per heavy atom. The Kier molecular flexibility index (Phi) is 3.44. The maximum Gasteiger partial charge on any atom is 0.322 e. The molecule has 20 heavy (non-hydrogen) atoms. The lowest BCUT2D eigenvalue weighted by Crippen LogP contribution is -2.19. The van der Waals surface area contributed by atoms with E-state index in [-0.39, 0.29) is 17.4 Å². The van der Waals surface area contributed by atoms with Crippen molar-refractivity contribution in [1.82, 2.24) is 15.0 Å². The van der Waals surface area contributed by atoms with Crippen LogP contribution >= 0.6 is 11.6 Å². The van der Waals surface area contributed by atoms with E-state index < -0.39 is 0 Å². The van der Waals surface area contributed by atoms with Crippen LogP contribution in [-0.4, -0.2) is 21.1 Å². The topological polar surface area (TPSA) is 51.1 Å². The van der Waals surface area contributed by atoms with Gasteiger partial charge in [-0.2, -0.15) is 15.0 Å². The second kappa shape index (κ2) is 5.25. The minimum atomic E-state index is -0.00269. The number of anilines is 1. The van der Waals surface area contributed by atoms with Gasteiger partial charge in [0.05, 0.1) is 6.10 Å². The molecule has 2 heterocycles. The first-order valence-electron chi connectivity index (χ1n) is 6.52. The first-order valence-corrected chi connectivity index (χ1v) is 6.89. The molecule has 6 heteroatoms. The Morgan fingerprint density at radius 3 is 2.35 bits per heavy atom. The summed E-state index contributed by atoms with van der Waals surface area (Å²) in [5.74, 6) is 0.553. The number of nitrogens with zero attached hydrogens (tertiary/aromatic N) is 4. The molecule has 104 valence electrons. The van der Waals surface area contributed by atoms with Crippen LogP contribution in [0.4, 0.5) is 5.95 Å². The van der Waals surface area contributed by atoms with Crippen molar-refractivity contribution in [2.45, 2.75) is 33.0 Å². The summed E-state index contributed by atoms with van der Waals surface area (Å²) in [5.41, 5.74) is 2.57. The second-order valence-electron chi connectivity index (χ2n) is 4.98. The first-order chi connectivity index (χ1) is 9.61. The van der Waals surface area contributed by atoms with E-state index in [4.69, 9.17) is 16.3 Å². The first kappa shape index (κ1) is 13.1. The molecule has 0 radical (unpaired) electrons. The van der Waals surface area contributed by atoms with Gasteiger partial charge in [0, 0.05) is 13.1 Å². The van der Waals surface area contributed by atoms with E-state index in [1.165, 1.54) is 11.1 Å². The van der Waals surface area contributed by atoms with Crippen molar-refractivity contribution >= 4 is 17.5 Å². The number of ether oxygens (including phenoxy) is 1. The van der Waals surface area contributed by atoms with Crippen LogP contribution in [0.25, 0.3) is 0 Å². The molecule has 0 fully saturated rings. The third-order valence-electron chi connectivity index (χ3n) is 3.04. The number of fused-ring (bicyclic) bond motifs is 1. The summed E-state index contributed by atoms with van der Waals surface area (Å²) < 4.78 is 5.50. The van der Waals surface area contributed by atoms with Gasteiger partial charge in [-0.1, -0.05) is 24.3 Å². The molecule has 0 spiro atoms. The fourth-order valence-electron chi connectivity index (χ4n) is 2.20. The van der Waals surface area contributed by atoms with Gasteiger partial charge in [-0.15, -0.1) is 0 Å². The molecule has 0 bridgehead atoms. The summed E-state index contributed by atoms with van der Waals surface area (Å²) in [4.78, 5) is 14.6. The smallest absolute Gasteiger partial charge is 0.322 e. The predicted molar refractivity (Wildman–Crippen MR) is 76.9 cm³/mol. The van der Waals surface area contributed by atoms with E-state index >= 15 is 0 Å². The molecule has 0 atom stereocenters. The zero-order valence-corrected chi connectivity index (χ0v) is 12.1. The average Bonchev–Trinajstić information content (AvgIpc) is 2.80. The van der Waals surface area contributed by atoms with Crippen LogP contribution in [0.1, 0.15) is 25.0 Å². The van der Waals surface area contributed by atoms with Crippen molar-refractivity contribution in [2.24, 2.45) is 0 Å². The summed E-state index contributed by atoms with van der Waals surface area (Å²) in [7, 11) is 0. The highest BCUT2D eigenvalue weighted by Crippen LogP contribution is 2.27. The Bertz CT molecular complexity index is 607. The van der Waals surface area contributed by atoms with Gasteiger partial charge in [0.25, 0.3) is 0 Å². The normalized spacial score (nSPS) is 13.7. The molecule has 2 aromatic rings. The fraction of sp³-hybridized carbons (Fsp3) is 0.357. The molecule has 0 unspecified atom stereocenters. The van der Waals surface area contributed by atoms with Crippen LogP contribution in [0, 0.1) is 0 Å². The summed E-state index contributed by atoms with van der Waals surface area (Å²) >= 11 is 5.95. The van der Waals surface area contributed by atoms with Gasteiger partial charge in [0.15, 0.2) is 0 Å². The molecule has 1 aliphatic rings. The van der Waals surface area contributed by atoms with Crippen molar-refractivity contribution in [1.29, 1.82) is 0 Å². The lowest BCUT2D eigenvalue weighted by atomic mass is 10.1. The van der Waals surface area contributed by atoms with Crippen LogP contribution in [0.2, 0.25) is 5.28 Å². The number of rotatable bonds is 3. The van der Waals surface area contributed by atoms with Crippen molar-refractivity contribution < 1.29 is 4.74 Å². The van der Waals surface area contributed by atoms with Crippen LogP contribution in [0.15, 0.2) is 24.3 Å².